The highest BCUT2D eigenvalue weighted by atomic mass is 16.5. The lowest BCUT2D eigenvalue weighted by molar-refractivity contribution is -0.147. The molecule has 1 N–H and O–H groups in total. The van der Waals surface area contributed by atoms with Crippen molar-refractivity contribution in [2.24, 2.45) is 0 Å². The molecule has 4 nitrogen and oxygen atoms in total. The molecule has 0 saturated heterocycles. The topological polar surface area (TPSA) is 55.8 Å². The Morgan fingerprint density at radius 3 is 2.56 bits per heavy atom. The van der Waals surface area contributed by atoms with Gasteiger partial charge in [0.05, 0.1) is 6.61 Å². The molecule has 0 heterocycles. The minimum Gasteiger partial charge on any atom is -0.463 e. The van der Waals surface area contributed by atoms with Gasteiger partial charge >= 0.3 is 5.97 Å². The first-order valence-corrected chi connectivity index (χ1v) is 6.12. The van der Waals surface area contributed by atoms with Crippen LogP contribution in [0.2, 0.25) is 0 Å². The molecular weight excluding hydrogens is 208 g/mol. The van der Waals surface area contributed by atoms with Crippen LogP contribution < -0.4 is 0 Å². The molecule has 0 aromatic carbocycles. The first-order chi connectivity index (χ1) is 7.70. The van der Waals surface area contributed by atoms with E-state index in [1.165, 1.54) is 0 Å². The normalized spacial score (nSPS) is 12.4. The number of hydrogen-bond acceptors (Lipinski definition) is 4. The van der Waals surface area contributed by atoms with E-state index in [0.29, 0.717) is 13.0 Å². The predicted molar refractivity (Wildman–Crippen MR) is 62.2 cm³/mol. The summed E-state index contributed by atoms with van der Waals surface area (Å²) in [5, 5.41) is 9.42. The van der Waals surface area contributed by atoms with Crippen LogP contribution in [0.1, 0.15) is 46.0 Å². The number of unbranched alkanes of at least 4 members (excludes halogenated alkanes) is 2. The van der Waals surface area contributed by atoms with Crippen molar-refractivity contribution in [3.05, 3.63) is 0 Å². The van der Waals surface area contributed by atoms with E-state index < -0.39 is 6.10 Å². The Morgan fingerprint density at radius 2 is 1.94 bits per heavy atom. The highest BCUT2D eigenvalue weighted by Gasteiger charge is 2.08. The first-order valence-electron chi connectivity index (χ1n) is 6.12. The number of hydrogen-bond donors (Lipinski definition) is 1. The summed E-state index contributed by atoms with van der Waals surface area (Å²) in [6, 6.07) is 0. The third-order valence-electron chi connectivity index (χ3n) is 2.09. The van der Waals surface area contributed by atoms with Crippen molar-refractivity contribution >= 4 is 5.97 Å². The summed E-state index contributed by atoms with van der Waals surface area (Å²) in [4.78, 5) is 11.0. The third-order valence-corrected chi connectivity index (χ3v) is 2.09. The monoisotopic (exact) mass is 232 g/mol. The molecule has 1 atom stereocenters. The lowest BCUT2D eigenvalue weighted by Gasteiger charge is -2.11. The molecule has 0 bridgehead atoms. The zero-order chi connectivity index (χ0) is 12.2. The molecule has 0 aliphatic carbocycles. The molecule has 4 heteroatoms. The van der Waals surface area contributed by atoms with Crippen LogP contribution in [-0.4, -0.2) is 37.0 Å². The molecule has 16 heavy (non-hydrogen) atoms. The van der Waals surface area contributed by atoms with Gasteiger partial charge in [0.2, 0.25) is 0 Å². The van der Waals surface area contributed by atoms with Gasteiger partial charge in [-0.3, -0.25) is 4.79 Å². The molecule has 0 rings (SSSR count). The second-order valence-electron chi connectivity index (χ2n) is 3.87. The van der Waals surface area contributed by atoms with Gasteiger partial charge in [0.1, 0.15) is 12.7 Å². The number of carbonyl (C=O) groups excluding carboxylic acids is 1. The molecule has 0 amide bonds. The standard InChI is InChI=1S/C12H24O4/c1-3-5-6-8-15-9-11(13)10-16-12(14)7-4-2/h11,13H,3-10H2,1-2H3/t11-/m1/s1. The first kappa shape index (κ1) is 15.4. The van der Waals surface area contributed by atoms with E-state index in [4.69, 9.17) is 9.47 Å². The van der Waals surface area contributed by atoms with E-state index in [9.17, 15) is 9.90 Å². The van der Waals surface area contributed by atoms with E-state index in [-0.39, 0.29) is 19.2 Å². The number of ether oxygens (including phenoxy) is 2. The Kier molecular flexibility index (Phi) is 10.5. The second-order valence-corrected chi connectivity index (χ2v) is 3.87. The average molecular weight is 232 g/mol. The van der Waals surface area contributed by atoms with Crippen molar-refractivity contribution in [3.63, 3.8) is 0 Å². The maximum Gasteiger partial charge on any atom is 0.305 e. The predicted octanol–water partition coefficient (Wildman–Crippen LogP) is 1.90. The zero-order valence-electron chi connectivity index (χ0n) is 10.4. The Morgan fingerprint density at radius 1 is 1.19 bits per heavy atom. The molecule has 0 unspecified atom stereocenters. The van der Waals surface area contributed by atoms with E-state index in [1.54, 1.807) is 0 Å². The van der Waals surface area contributed by atoms with Gasteiger partial charge in [-0.2, -0.15) is 0 Å². The Balaban J connectivity index is 3.30. The van der Waals surface area contributed by atoms with Crippen LogP contribution in [0.15, 0.2) is 0 Å². The summed E-state index contributed by atoms with van der Waals surface area (Å²) in [7, 11) is 0. The fraction of sp³-hybridized carbons (Fsp3) is 0.917. The Hall–Kier alpha value is -0.610. The van der Waals surface area contributed by atoms with Crippen LogP contribution in [0.25, 0.3) is 0 Å². The van der Waals surface area contributed by atoms with Crippen molar-refractivity contribution in [3.8, 4) is 0 Å². The summed E-state index contributed by atoms with van der Waals surface area (Å²) in [6.07, 6.45) is 3.77. The zero-order valence-corrected chi connectivity index (χ0v) is 10.4. The fourth-order valence-electron chi connectivity index (χ4n) is 1.19. The summed E-state index contributed by atoms with van der Waals surface area (Å²) in [5.41, 5.74) is 0. The molecule has 0 aliphatic rings. The van der Waals surface area contributed by atoms with Gasteiger partial charge in [-0.15, -0.1) is 0 Å². The number of aliphatic hydroxyl groups is 1. The van der Waals surface area contributed by atoms with Gasteiger partial charge in [0.15, 0.2) is 0 Å². The molecule has 96 valence electrons. The van der Waals surface area contributed by atoms with Crippen molar-refractivity contribution in [2.75, 3.05) is 19.8 Å². The smallest absolute Gasteiger partial charge is 0.305 e. The SMILES string of the molecule is CCCCCOC[C@@H](O)COC(=O)CCC. The number of carbonyl (C=O) groups is 1. The molecule has 0 aromatic rings. The minimum absolute atomic E-state index is 0.0343. The Bertz CT molecular complexity index is 170. The van der Waals surface area contributed by atoms with Gasteiger partial charge in [0.25, 0.3) is 0 Å². The van der Waals surface area contributed by atoms with Crippen molar-refractivity contribution in [2.45, 2.75) is 52.1 Å². The fourth-order valence-corrected chi connectivity index (χ4v) is 1.19. The summed E-state index contributed by atoms with van der Waals surface area (Å²) < 4.78 is 10.1. The van der Waals surface area contributed by atoms with Crippen LogP contribution >= 0.6 is 0 Å². The van der Waals surface area contributed by atoms with Gasteiger partial charge < -0.3 is 14.6 Å². The highest BCUT2D eigenvalue weighted by molar-refractivity contribution is 5.69. The third kappa shape index (κ3) is 9.93. The maximum atomic E-state index is 11.0. The molecule has 0 fully saturated rings. The van der Waals surface area contributed by atoms with E-state index >= 15 is 0 Å². The highest BCUT2D eigenvalue weighted by Crippen LogP contribution is 1.97. The number of aliphatic hydroxyl groups excluding tert-OH is 1. The van der Waals surface area contributed by atoms with Gasteiger partial charge in [-0.25, -0.2) is 0 Å². The molecule has 0 radical (unpaired) electrons. The van der Waals surface area contributed by atoms with E-state index in [1.807, 2.05) is 6.92 Å². The maximum absolute atomic E-state index is 11.0. The Labute approximate surface area is 97.9 Å². The van der Waals surface area contributed by atoms with E-state index in [2.05, 4.69) is 6.92 Å². The molecule has 0 spiro atoms. The number of esters is 1. The summed E-state index contributed by atoms with van der Waals surface area (Å²) >= 11 is 0. The van der Waals surface area contributed by atoms with Crippen LogP contribution in [0.3, 0.4) is 0 Å². The quantitative estimate of drug-likeness (QED) is 0.461. The lowest BCUT2D eigenvalue weighted by atomic mass is 10.3. The molecule has 0 aromatic heterocycles. The second kappa shape index (κ2) is 10.9. The number of rotatable bonds is 10. The van der Waals surface area contributed by atoms with Gasteiger partial charge in [0, 0.05) is 13.0 Å². The average Bonchev–Trinajstić information content (AvgIpc) is 2.26. The molecule has 0 saturated carbocycles. The summed E-state index contributed by atoms with van der Waals surface area (Å²) in [5.74, 6) is -0.257. The van der Waals surface area contributed by atoms with Gasteiger partial charge in [-0.05, 0) is 12.8 Å². The molecular formula is C12H24O4. The van der Waals surface area contributed by atoms with Crippen LogP contribution in [0.5, 0.6) is 0 Å². The largest absolute Gasteiger partial charge is 0.463 e. The summed E-state index contributed by atoms with van der Waals surface area (Å²) in [6.45, 7) is 4.97. The van der Waals surface area contributed by atoms with Crippen molar-refractivity contribution in [1.82, 2.24) is 0 Å². The van der Waals surface area contributed by atoms with Crippen LogP contribution in [-0.2, 0) is 14.3 Å². The van der Waals surface area contributed by atoms with Crippen LogP contribution in [0, 0.1) is 0 Å². The van der Waals surface area contributed by atoms with E-state index in [0.717, 1.165) is 25.7 Å². The van der Waals surface area contributed by atoms with Gasteiger partial charge in [-0.1, -0.05) is 26.7 Å². The van der Waals surface area contributed by atoms with Crippen LogP contribution in [0.4, 0.5) is 0 Å². The van der Waals surface area contributed by atoms with Crippen molar-refractivity contribution < 1.29 is 19.4 Å². The molecule has 0 aliphatic heterocycles. The lowest BCUT2D eigenvalue weighted by Crippen LogP contribution is -2.23. The van der Waals surface area contributed by atoms with Crippen molar-refractivity contribution in [1.29, 1.82) is 0 Å². The minimum atomic E-state index is -0.706.